The van der Waals surface area contributed by atoms with Gasteiger partial charge in [-0.1, -0.05) is 31.7 Å². The van der Waals surface area contributed by atoms with Crippen molar-refractivity contribution in [1.29, 1.82) is 0 Å². The quantitative estimate of drug-likeness (QED) is 0.594. The lowest BCUT2D eigenvalue weighted by Crippen LogP contribution is -1.94. The third-order valence-corrected chi connectivity index (χ3v) is 1.22. The van der Waals surface area contributed by atoms with Crippen molar-refractivity contribution in [2.75, 3.05) is 0 Å². The molecule has 0 aromatic heterocycles. The lowest BCUT2D eigenvalue weighted by atomic mass is 10.2. The van der Waals surface area contributed by atoms with E-state index in [2.05, 4.69) is 19.6 Å². The highest BCUT2D eigenvalue weighted by atomic mass is 14.6. The topological polar surface area (TPSA) is 26.0 Å². The van der Waals surface area contributed by atoms with Crippen LogP contribution in [0.2, 0.25) is 0 Å². The molecule has 2 N–H and O–H groups in total. The average Bonchev–Trinajstić information content (AvgIpc) is 1.88. The molecule has 0 aliphatic heterocycles. The minimum Gasteiger partial charge on any atom is -0.399 e. The third-order valence-electron chi connectivity index (χ3n) is 1.22. The normalized spacial score (nSPS) is 12.4. The van der Waals surface area contributed by atoms with Crippen LogP contribution in [0.4, 0.5) is 0 Å². The zero-order valence-electron chi connectivity index (χ0n) is 6.72. The van der Waals surface area contributed by atoms with Crippen molar-refractivity contribution in [1.82, 2.24) is 0 Å². The van der Waals surface area contributed by atoms with Crippen LogP contribution >= 0.6 is 0 Å². The standard InChI is InChI=1S/C9H15N/c1-4-5-6-7-8(2)9(3)10/h5-7H,3-4,10H2,1-2H3/b6-5-,8-7-. The van der Waals surface area contributed by atoms with Crippen molar-refractivity contribution in [3.8, 4) is 0 Å². The van der Waals surface area contributed by atoms with E-state index < -0.39 is 0 Å². The number of nitrogens with two attached hydrogens (primary N) is 1. The molecule has 56 valence electrons. The molecule has 0 atom stereocenters. The fourth-order valence-corrected chi connectivity index (χ4v) is 0.455. The van der Waals surface area contributed by atoms with Crippen molar-refractivity contribution in [2.24, 2.45) is 5.73 Å². The van der Waals surface area contributed by atoms with Crippen molar-refractivity contribution in [3.63, 3.8) is 0 Å². The molecule has 0 bridgehead atoms. The first-order valence-corrected chi connectivity index (χ1v) is 3.46. The van der Waals surface area contributed by atoms with Crippen molar-refractivity contribution in [3.05, 3.63) is 36.1 Å². The lowest BCUT2D eigenvalue weighted by molar-refractivity contribution is 1.22. The van der Waals surface area contributed by atoms with Crippen LogP contribution in [0.5, 0.6) is 0 Å². The largest absolute Gasteiger partial charge is 0.399 e. The first-order valence-electron chi connectivity index (χ1n) is 3.46. The van der Waals surface area contributed by atoms with Gasteiger partial charge in [-0.15, -0.1) is 0 Å². The molecule has 0 saturated heterocycles. The summed E-state index contributed by atoms with van der Waals surface area (Å²) in [5.74, 6) is 0. The maximum atomic E-state index is 5.42. The van der Waals surface area contributed by atoms with Crippen LogP contribution in [0.3, 0.4) is 0 Å². The highest BCUT2D eigenvalue weighted by Gasteiger charge is 1.84. The Labute approximate surface area is 62.9 Å². The van der Waals surface area contributed by atoms with Gasteiger partial charge in [-0.2, -0.15) is 0 Å². The molecule has 0 aliphatic rings. The van der Waals surface area contributed by atoms with Crippen LogP contribution in [0.25, 0.3) is 0 Å². The van der Waals surface area contributed by atoms with Gasteiger partial charge in [-0.05, 0) is 18.9 Å². The molecule has 0 rings (SSSR count). The molecular formula is C9H15N. The Balaban J connectivity index is 3.92. The maximum Gasteiger partial charge on any atom is 0.0270 e. The summed E-state index contributed by atoms with van der Waals surface area (Å²) in [7, 11) is 0. The molecule has 0 radical (unpaired) electrons. The second-order valence-electron chi connectivity index (χ2n) is 2.21. The average molecular weight is 137 g/mol. The molecule has 0 amide bonds. The van der Waals surface area contributed by atoms with Gasteiger partial charge < -0.3 is 5.73 Å². The number of rotatable bonds is 3. The molecule has 0 unspecified atom stereocenters. The minimum absolute atomic E-state index is 0.640. The van der Waals surface area contributed by atoms with E-state index >= 15 is 0 Å². The van der Waals surface area contributed by atoms with E-state index in [4.69, 9.17) is 5.73 Å². The first-order chi connectivity index (χ1) is 4.68. The fraction of sp³-hybridized carbons (Fsp3) is 0.333. The second kappa shape index (κ2) is 4.86. The van der Waals surface area contributed by atoms with E-state index in [0.717, 1.165) is 12.0 Å². The molecule has 0 fully saturated rings. The third kappa shape index (κ3) is 3.96. The summed E-state index contributed by atoms with van der Waals surface area (Å²) >= 11 is 0. The molecular weight excluding hydrogens is 122 g/mol. The smallest absolute Gasteiger partial charge is 0.0270 e. The SMILES string of the molecule is C=C(N)/C(C)=C\C=C/CC. The van der Waals surface area contributed by atoms with E-state index in [1.165, 1.54) is 0 Å². The molecule has 0 aromatic rings. The van der Waals surface area contributed by atoms with E-state index in [1.807, 2.05) is 19.1 Å². The van der Waals surface area contributed by atoms with Gasteiger partial charge in [0.2, 0.25) is 0 Å². The molecule has 1 nitrogen and oxygen atoms in total. The highest BCUT2D eigenvalue weighted by molar-refractivity contribution is 5.26. The van der Waals surface area contributed by atoms with Crippen molar-refractivity contribution < 1.29 is 0 Å². The molecule has 0 spiro atoms. The van der Waals surface area contributed by atoms with Crippen LogP contribution < -0.4 is 5.73 Å². The predicted octanol–water partition coefficient (Wildman–Crippen LogP) is 2.37. The Morgan fingerprint density at radius 3 is 2.60 bits per heavy atom. The zero-order chi connectivity index (χ0) is 7.98. The Morgan fingerprint density at radius 1 is 1.60 bits per heavy atom. The van der Waals surface area contributed by atoms with Gasteiger partial charge in [0.15, 0.2) is 0 Å². The van der Waals surface area contributed by atoms with Gasteiger partial charge in [0, 0.05) is 5.70 Å². The maximum absolute atomic E-state index is 5.42. The first kappa shape index (κ1) is 9.02. The van der Waals surface area contributed by atoms with Crippen LogP contribution in [0.15, 0.2) is 36.1 Å². The van der Waals surface area contributed by atoms with Crippen LogP contribution in [0.1, 0.15) is 20.3 Å². The van der Waals surface area contributed by atoms with E-state index in [0.29, 0.717) is 5.70 Å². The summed E-state index contributed by atoms with van der Waals surface area (Å²) in [4.78, 5) is 0. The van der Waals surface area contributed by atoms with Crippen LogP contribution in [-0.4, -0.2) is 0 Å². The predicted molar refractivity (Wildman–Crippen MR) is 46.5 cm³/mol. The summed E-state index contributed by atoms with van der Waals surface area (Å²) in [5, 5.41) is 0. The Morgan fingerprint density at radius 2 is 2.20 bits per heavy atom. The highest BCUT2D eigenvalue weighted by Crippen LogP contribution is 1.99. The van der Waals surface area contributed by atoms with Crippen molar-refractivity contribution in [2.45, 2.75) is 20.3 Å². The number of hydrogen-bond donors (Lipinski definition) is 1. The molecule has 1 heteroatoms. The van der Waals surface area contributed by atoms with E-state index in [9.17, 15) is 0 Å². The van der Waals surface area contributed by atoms with E-state index in [-0.39, 0.29) is 0 Å². The van der Waals surface area contributed by atoms with Gasteiger partial charge in [-0.3, -0.25) is 0 Å². The summed E-state index contributed by atoms with van der Waals surface area (Å²) < 4.78 is 0. The second-order valence-corrected chi connectivity index (χ2v) is 2.21. The van der Waals surface area contributed by atoms with Crippen LogP contribution in [-0.2, 0) is 0 Å². The van der Waals surface area contributed by atoms with Gasteiger partial charge in [-0.25, -0.2) is 0 Å². The van der Waals surface area contributed by atoms with Gasteiger partial charge in [0.1, 0.15) is 0 Å². The Bertz CT molecular complexity index is 164. The summed E-state index contributed by atoms with van der Waals surface area (Å²) in [5.41, 5.74) is 7.09. The zero-order valence-corrected chi connectivity index (χ0v) is 6.72. The molecule has 10 heavy (non-hydrogen) atoms. The Hall–Kier alpha value is -0.980. The minimum atomic E-state index is 0.640. The molecule has 0 heterocycles. The van der Waals surface area contributed by atoms with Crippen molar-refractivity contribution >= 4 is 0 Å². The van der Waals surface area contributed by atoms with Crippen LogP contribution in [0, 0.1) is 0 Å². The van der Waals surface area contributed by atoms with E-state index in [1.54, 1.807) is 0 Å². The summed E-state index contributed by atoms with van der Waals surface area (Å²) in [6.07, 6.45) is 7.09. The molecule has 0 aliphatic carbocycles. The number of allylic oxidation sites excluding steroid dienone is 4. The number of hydrogen-bond acceptors (Lipinski definition) is 1. The van der Waals surface area contributed by atoms with Gasteiger partial charge in [0.05, 0.1) is 0 Å². The van der Waals surface area contributed by atoms with Gasteiger partial charge in [0.25, 0.3) is 0 Å². The lowest BCUT2D eigenvalue weighted by Gasteiger charge is -1.94. The summed E-state index contributed by atoms with van der Waals surface area (Å²) in [6.45, 7) is 7.65. The monoisotopic (exact) mass is 137 g/mol. The molecule has 0 saturated carbocycles. The molecule has 0 aromatic carbocycles. The van der Waals surface area contributed by atoms with Gasteiger partial charge >= 0.3 is 0 Å². The fourth-order valence-electron chi connectivity index (χ4n) is 0.455. The summed E-state index contributed by atoms with van der Waals surface area (Å²) in [6, 6.07) is 0. The Kier molecular flexibility index (Phi) is 4.38.